The quantitative estimate of drug-likeness (QED) is 0.599. The van der Waals surface area contributed by atoms with Crippen molar-refractivity contribution < 1.29 is 10.1 Å². The second kappa shape index (κ2) is 6.17. The van der Waals surface area contributed by atoms with Gasteiger partial charge in [0.1, 0.15) is 16.5 Å². The molecule has 0 spiro atoms. The summed E-state index contributed by atoms with van der Waals surface area (Å²) in [5, 5.41) is 8.63. The topological polar surface area (TPSA) is 70.6 Å². The molecule has 0 saturated heterocycles. The number of pyridine rings is 1. The Balaban J connectivity index is 1.88. The molecule has 5 nitrogen and oxygen atoms in total. The zero-order chi connectivity index (χ0) is 15.5. The number of hydrogen-bond donors (Lipinski definition) is 3. The van der Waals surface area contributed by atoms with Crippen LogP contribution in [0.5, 0.6) is 0 Å². The van der Waals surface area contributed by atoms with Crippen LogP contribution in [0.4, 0.5) is 22.9 Å². The number of nitrogens with one attached hydrogen (secondary N) is 2. The molecule has 1 aromatic heterocycles. The van der Waals surface area contributed by atoms with E-state index in [2.05, 4.69) is 22.2 Å². The molecule has 2 heterocycles. The summed E-state index contributed by atoms with van der Waals surface area (Å²) in [5.74, 6) is 0.663. The SMILES string of the molecule is C=CC(=O)Nc1cccc([NH2+]c2c(Cl)cnc3c2CCN3)c1. The number of nitrogens with two attached hydrogens (primary N) is 1. The van der Waals surface area contributed by atoms with Crippen molar-refractivity contribution in [3.05, 3.63) is 53.7 Å². The minimum absolute atomic E-state index is 0.232. The summed E-state index contributed by atoms with van der Waals surface area (Å²) in [6.45, 7) is 4.32. The lowest BCUT2D eigenvalue weighted by molar-refractivity contribution is -0.479. The smallest absolute Gasteiger partial charge is 0.247 e. The fourth-order valence-corrected chi connectivity index (χ4v) is 2.69. The third-order valence-electron chi connectivity index (χ3n) is 3.49. The molecule has 0 saturated carbocycles. The zero-order valence-corrected chi connectivity index (χ0v) is 12.7. The number of carbonyl (C=O) groups is 1. The highest BCUT2D eigenvalue weighted by atomic mass is 35.5. The van der Waals surface area contributed by atoms with Crippen LogP contribution in [0.1, 0.15) is 5.56 Å². The van der Waals surface area contributed by atoms with E-state index in [-0.39, 0.29) is 5.91 Å². The molecule has 0 fully saturated rings. The molecular weight excluding hydrogens is 300 g/mol. The highest BCUT2D eigenvalue weighted by Crippen LogP contribution is 2.30. The first kappa shape index (κ1) is 14.6. The maximum Gasteiger partial charge on any atom is 0.247 e. The molecule has 0 aliphatic carbocycles. The lowest BCUT2D eigenvalue weighted by Crippen LogP contribution is -2.71. The summed E-state index contributed by atoms with van der Waals surface area (Å²) in [4.78, 5) is 15.7. The molecule has 6 heteroatoms. The van der Waals surface area contributed by atoms with E-state index in [1.165, 1.54) is 6.08 Å². The molecular formula is C16H16ClN4O+. The monoisotopic (exact) mass is 315 g/mol. The number of halogens is 1. The zero-order valence-electron chi connectivity index (χ0n) is 11.9. The maximum atomic E-state index is 11.4. The lowest BCUT2D eigenvalue weighted by Gasteiger charge is -2.08. The van der Waals surface area contributed by atoms with Crippen LogP contribution in [0.3, 0.4) is 0 Å². The van der Waals surface area contributed by atoms with Crippen molar-refractivity contribution in [3.63, 3.8) is 0 Å². The third-order valence-corrected chi connectivity index (χ3v) is 3.79. The van der Waals surface area contributed by atoms with Crippen LogP contribution in [0, 0.1) is 0 Å². The van der Waals surface area contributed by atoms with Crippen LogP contribution in [0.15, 0.2) is 43.1 Å². The van der Waals surface area contributed by atoms with Crippen molar-refractivity contribution in [1.82, 2.24) is 4.98 Å². The number of rotatable bonds is 4. The van der Waals surface area contributed by atoms with E-state index in [0.717, 1.165) is 41.4 Å². The Kier molecular flexibility index (Phi) is 4.09. The Bertz CT molecular complexity index is 745. The molecule has 0 atom stereocenters. The highest BCUT2D eigenvalue weighted by Gasteiger charge is 2.22. The Morgan fingerprint density at radius 2 is 2.36 bits per heavy atom. The van der Waals surface area contributed by atoms with Gasteiger partial charge in [-0.05, 0) is 24.6 Å². The Labute approximate surface area is 133 Å². The van der Waals surface area contributed by atoms with Gasteiger partial charge < -0.3 is 10.6 Å². The fourth-order valence-electron chi connectivity index (χ4n) is 2.47. The minimum atomic E-state index is -0.232. The van der Waals surface area contributed by atoms with Crippen molar-refractivity contribution in [2.24, 2.45) is 0 Å². The van der Waals surface area contributed by atoms with Crippen LogP contribution in [-0.4, -0.2) is 17.4 Å². The summed E-state index contributed by atoms with van der Waals surface area (Å²) in [5.41, 5.74) is 3.79. The summed E-state index contributed by atoms with van der Waals surface area (Å²) in [6.07, 6.45) is 3.81. The van der Waals surface area contributed by atoms with E-state index < -0.39 is 0 Å². The number of aromatic nitrogens is 1. The number of quaternary nitrogens is 1. The summed E-state index contributed by atoms with van der Waals surface area (Å²) >= 11 is 6.30. The van der Waals surface area contributed by atoms with Gasteiger partial charge in [0.2, 0.25) is 5.91 Å². The van der Waals surface area contributed by atoms with E-state index >= 15 is 0 Å². The predicted molar refractivity (Wildman–Crippen MR) is 88.0 cm³/mol. The molecule has 22 heavy (non-hydrogen) atoms. The number of hydrogen-bond acceptors (Lipinski definition) is 3. The molecule has 0 radical (unpaired) electrons. The second-order valence-electron chi connectivity index (χ2n) is 4.99. The first-order valence-corrected chi connectivity index (χ1v) is 7.34. The van der Waals surface area contributed by atoms with E-state index in [9.17, 15) is 4.79 Å². The average Bonchev–Trinajstić information content (AvgIpc) is 2.99. The van der Waals surface area contributed by atoms with E-state index in [4.69, 9.17) is 11.6 Å². The van der Waals surface area contributed by atoms with Gasteiger partial charge in [-0.15, -0.1) is 0 Å². The van der Waals surface area contributed by atoms with Gasteiger partial charge in [-0.1, -0.05) is 24.2 Å². The highest BCUT2D eigenvalue weighted by molar-refractivity contribution is 6.32. The Morgan fingerprint density at radius 3 is 3.18 bits per heavy atom. The van der Waals surface area contributed by atoms with Crippen molar-refractivity contribution in [2.45, 2.75) is 6.42 Å². The van der Waals surface area contributed by atoms with Gasteiger partial charge in [0.05, 0.1) is 11.8 Å². The predicted octanol–water partition coefficient (Wildman–Crippen LogP) is 2.35. The van der Waals surface area contributed by atoms with E-state index in [0.29, 0.717) is 5.02 Å². The molecule has 0 unspecified atom stereocenters. The van der Waals surface area contributed by atoms with E-state index in [1.807, 2.05) is 29.6 Å². The third kappa shape index (κ3) is 2.95. The van der Waals surface area contributed by atoms with E-state index in [1.54, 1.807) is 6.20 Å². The molecule has 1 amide bonds. The fraction of sp³-hybridized carbons (Fsp3) is 0.125. The van der Waals surface area contributed by atoms with Gasteiger partial charge in [0.25, 0.3) is 0 Å². The van der Waals surface area contributed by atoms with Gasteiger partial charge in [-0.25, -0.2) is 4.98 Å². The van der Waals surface area contributed by atoms with Crippen LogP contribution in [-0.2, 0) is 11.2 Å². The van der Waals surface area contributed by atoms with Crippen molar-refractivity contribution in [3.8, 4) is 0 Å². The average molecular weight is 316 g/mol. The number of fused-ring (bicyclic) bond motifs is 1. The van der Waals surface area contributed by atoms with Crippen LogP contribution in [0.2, 0.25) is 5.02 Å². The van der Waals surface area contributed by atoms with Crippen LogP contribution >= 0.6 is 11.6 Å². The molecule has 0 bridgehead atoms. The van der Waals surface area contributed by atoms with Gasteiger partial charge in [-0.3, -0.25) is 10.1 Å². The molecule has 4 N–H and O–H groups in total. The molecule has 1 aliphatic rings. The Morgan fingerprint density at radius 1 is 1.50 bits per heavy atom. The molecule has 3 rings (SSSR count). The normalized spacial score (nSPS) is 12.4. The van der Waals surface area contributed by atoms with Gasteiger partial charge >= 0.3 is 0 Å². The maximum absolute atomic E-state index is 11.4. The number of nitrogens with zero attached hydrogens (tertiary/aromatic N) is 1. The first-order valence-electron chi connectivity index (χ1n) is 6.97. The standard InChI is InChI=1S/C16H15ClN4O/c1-2-14(22)20-10-4-3-5-11(8-10)21-15-12-6-7-18-16(12)19-9-13(15)17/h2-5,8-9H,1,6-7H2,(H,20,22)(H2,18,19,21)/p+1. The molecule has 1 aromatic carbocycles. The second-order valence-corrected chi connectivity index (χ2v) is 5.39. The molecule has 2 aromatic rings. The van der Waals surface area contributed by atoms with Gasteiger partial charge in [-0.2, -0.15) is 0 Å². The molecule has 1 aliphatic heterocycles. The van der Waals surface area contributed by atoms with Gasteiger partial charge in [0.15, 0.2) is 5.69 Å². The largest absolute Gasteiger partial charge is 0.369 e. The van der Waals surface area contributed by atoms with Crippen LogP contribution < -0.4 is 16.0 Å². The van der Waals surface area contributed by atoms with Crippen molar-refractivity contribution in [1.29, 1.82) is 0 Å². The minimum Gasteiger partial charge on any atom is -0.369 e. The number of amides is 1. The number of anilines is 2. The molecule has 112 valence electrons. The summed E-state index contributed by atoms with van der Waals surface area (Å²) in [6, 6.07) is 7.58. The van der Waals surface area contributed by atoms with Gasteiger partial charge in [0, 0.05) is 18.3 Å². The van der Waals surface area contributed by atoms with Crippen molar-refractivity contribution >= 4 is 40.4 Å². The lowest BCUT2D eigenvalue weighted by atomic mass is 10.1. The summed E-state index contributed by atoms with van der Waals surface area (Å²) in [7, 11) is 0. The Hall–Kier alpha value is -2.37. The summed E-state index contributed by atoms with van der Waals surface area (Å²) < 4.78 is 0. The van der Waals surface area contributed by atoms with Crippen molar-refractivity contribution in [2.75, 3.05) is 17.2 Å². The van der Waals surface area contributed by atoms with Crippen LogP contribution in [0.25, 0.3) is 0 Å². The first-order chi connectivity index (χ1) is 10.7. The number of benzene rings is 1. The number of carbonyl (C=O) groups excluding carboxylic acids is 1.